The van der Waals surface area contributed by atoms with Gasteiger partial charge in [0.2, 0.25) is 0 Å². The van der Waals surface area contributed by atoms with Crippen molar-refractivity contribution in [2.75, 3.05) is 20.2 Å². The van der Waals surface area contributed by atoms with E-state index in [0.29, 0.717) is 11.7 Å². The van der Waals surface area contributed by atoms with E-state index >= 15 is 0 Å². The van der Waals surface area contributed by atoms with Crippen LogP contribution in [-0.4, -0.2) is 31.1 Å². The lowest BCUT2D eigenvalue weighted by atomic mass is 10.1. The van der Waals surface area contributed by atoms with Gasteiger partial charge in [0.15, 0.2) is 5.96 Å². The number of rotatable bonds is 7. The molecule has 1 aromatic carbocycles. The van der Waals surface area contributed by atoms with Crippen molar-refractivity contribution in [3.8, 4) is 5.75 Å². The number of hydrogen-bond acceptors (Lipinski definition) is 3. The highest BCUT2D eigenvalue weighted by atomic mass is 35.5. The predicted molar refractivity (Wildman–Crippen MR) is 104 cm³/mol. The molecule has 1 aromatic heterocycles. The van der Waals surface area contributed by atoms with E-state index in [-0.39, 0.29) is 0 Å². The molecule has 6 heteroatoms. The fourth-order valence-corrected chi connectivity index (χ4v) is 2.47. The largest absolute Gasteiger partial charge is 0.496 e. The Labute approximate surface area is 154 Å². The monoisotopic (exact) mass is 360 g/mol. The summed E-state index contributed by atoms with van der Waals surface area (Å²) >= 11 is 5.80. The lowest BCUT2D eigenvalue weighted by Crippen LogP contribution is -2.38. The Morgan fingerprint density at radius 2 is 2.00 bits per heavy atom. The Hall–Kier alpha value is -2.27. The van der Waals surface area contributed by atoms with Gasteiger partial charge in [-0.05, 0) is 49.1 Å². The Kier molecular flexibility index (Phi) is 7.54. The maximum absolute atomic E-state index is 5.80. The second-order valence-corrected chi connectivity index (χ2v) is 6.05. The second kappa shape index (κ2) is 9.89. The number of ether oxygens (including phenoxy) is 1. The van der Waals surface area contributed by atoms with Crippen LogP contribution >= 0.6 is 11.6 Å². The third-order valence-corrected chi connectivity index (χ3v) is 3.95. The molecule has 2 rings (SSSR count). The maximum atomic E-state index is 5.80. The number of nitrogens with zero attached hydrogens (tertiary/aromatic N) is 2. The smallest absolute Gasteiger partial charge is 0.191 e. The van der Waals surface area contributed by atoms with Gasteiger partial charge in [-0.1, -0.05) is 29.8 Å². The molecule has 0 aliphatic carbocycles. The SMILES string of the molecule is CCNC(=NCc1ccc(Cl)nc1)NCCc1ccc(C)c(OC)c1. The van der Waals surface area contributed by atoms with Gasteiger partial charge in [-0.25, -0.2) is 9.98 Å². The molecule has 1 heterocycles. The van der Waals surface area contributed by atoms with Crippen LogP contribution in [0, 0.1) is 6.92 Å². The van der Waals surface area contributed by atoms with E-state index in [2.05, 4.69) is 38.8 Å². The molecule has 0 saturated carbocycles. The van der Waals surface area contributed by atoms with E-state index in [1.165, 1.54) is 5.56 Å². The normalized spacial score (nSPS) is 11.3. The summed E-state index contributed by atoms with van der Waals surface area (Å²) < 4.78 is 5.38. The molecule has 0 unspecified atom stereocenters. The molecule has 2 aromatic rings. The molecule has 0 amide bonds. The fraction of sp³-hybridized carbons (Fsp3) is 0.368. The van der Waals surface area contributed by atoms with Gasteiger partial charge in [-0.15, -0.1) is 0 Å². The van der Waals surface area contributed by atoms with Crippen molar-refractivity contribution in [1.82, 2.24) is 15.6 Å². The molecule has 0 aliphatic rings. The fourth-order valence-electron chi connectivity index (χ4n) is 2.36. The predicted octanol–water partition coefficient (Wildman–Crippen LogP) is 3.35. The minimum atomic E-state index is 0.492. The molecule has 0 spiro atoms. The molecule has 134 valence electrons. The maximum Gasteiger partial charge on any atom is 0.191 e. The summed E-state index contributed by atoms with van der Waals surface area (Å²) in [6.45, 7) is 6.24. The molecular weight excluding hydrogens is 336 g/mol. The summed E-state index contributed by atoms with van der Waals surface area (Å²) in [5.41, 5.74) is 3.39. The number of guanidine groups is 1. The van der Waals surface area contributed by atoms with Gasteiger partial charge >= 0.3 is 0 Å². The van der Waals surface area contributed by atoms with Gasteiger partial charge in [0.25, 0.3) is 0 Å². The van der Waals surface area contributed by atoms with Crippen LogP contribution in [0.1, 0.15) is 23.6 Å². The van der Waals surface area contributed by atoms with E-state index < -0.39 is 0 Å². The highest BCUT2D eigenvalue weighted by Crippen LogP contribution is 2.19. The van der Waals surface area contributed by atoms with Crippen molar-refractivity contribution >= 4 is 17.6 Å². The minimum absolute atomic E-state index is 0.492. The first-order valence-electron chi connectivity index (χ1n) is 8.38. The first kappa shape index (κ1) is 19.1. The summed E-state index contributed by atoms with van der Waals surface area (Å²) in [6.07, 6.45) is 2.64. The van der Waals surface area contributed by atoms with Crippen molar-refractivity contribution in [1.29, 1.82) is 0 Å². The first-order chi connectivity index (χ1) is 12.1. The van der Waals surface area contributed by atoms with Crippen LogP contribution in [0.15, 0.2) is 41.5 Å². The number of aliphatic imine (C=N–C) groups is 1. The lowest BCUT2D eigenvalue weighted by Gasteiger charge is -2.12. The summed E-state index contributed by atoms with van der Waals surface area (Å²) in [5, 5.41) is 7.10. The van der Waals surface area contributed by atoms with E-state index in [9.17, 15) is 0 Å². The number of aryl methyl sites for hydroxylation is 1. The van der Waals surface area contributed by atoms with Crippen LogP contribution in [0.2, 0.25) is 5.15 Å². The van der Waals surface area contributed by atoms with Crippen LogP contribution in [0.5, 0.6) is 5.75 Å². The molecule has 2 N–H and O–H groups in total. The first-order valence-corrected chi connectivity index (χ1v) is 8.76. The molecule has 0 bridgehead atoms. The minimum Gasteiger partial charge on any atom is -0.496 e. The molecule has 0 aliphatic heterocycles. The zero-order valence-electron chi connectivity index (χ0n) is 15.0. The zero-order valence-corrected chi connectivity index (χ0v) is 15.7. The van der Waals surface area contributed by atoms with Crippen molar-refractivity contribution in [3.63, 3.8) is 0 Å². The topological polar surface area (TPSA) is 58.5 Å². The number of pyridine rings is 1. The van der Waals surface area contributed by atoms with Gasteiger partial charge in [0, 0.05) is 19.3 Å². The van der Waals surface area contributed by atoms with E-state index in [4.69, 9.17) is 16.3 Å². The highest BCUT2D eigenvalue weighted by molar-refractivity contribution is 6.29. The van der Waals surface area contributed by atoms with Crippen LogP contribution in [0.4, 0.5) is 0 Å². The summed E-state index contributed by atoms with van der Waals surface area (Å²) in [7, 11) is 1.70. The summed E-state index contributed by atoms with van der Waals surface area (Å²) in [6, 6.07) is 10.0. The van der Waals surface area contributed by atoms with E-state index in [1.54, 1.807) is 19.4 Å². The summed E-state index contributed by atoms with van der Waals surface area (Å²) in [5.74, 6) is 1.71. The molecule has 0 atom stereocenters. The Morgan fingerprint density at radius 1 is 1.20 bits per heavy atom. The van der Waals surface area contributed by atoms with Crippen molar-refractivity contribution < 1.29 is 4.74 Å². The van der Waals surface area contributed by atoms with Crippen LogP contribution < -0.4 is 15.4 Å². The molecule has 0 fully saturated rings. The third kappa shape index (κ3) is 6.27. The third-order valence-electron chi connectivity index (χ3n) is 3.73. The molecule has 0 saturated heterocycles. The lowest BCUT2D eigenvalue weighted by molar-refractivity contribution is 0.411. The Bertz CT molecular complexity index is 701. The molecular formula is C19H25ClN4O. The van der Waals surface area contributed by atoms with Gasteiger partial charge in [-0.3, -0.25) is 0 Å². The molecule has 5 nitrogen and oxygen atoms in total. The quantitative estimate of drug-likeness (QED) is 0.451. The standard InChI is InChI=1S/C19H25ClN4O/c1-4-21-19(24-13-16-7-8-18(20)23-12-16)22-10-9-15-6-5-14(2)17(11-15)25-3/h5-8,11-12H,4,9-10,13H2,1-3H3,(H2,21,22,24). The second-order valence-electron chi connectivity index (χ2n) is 5.67. The van der Waals surface area contributed by atoms with E-state index in [1.807, 2.05) is 19.9 Å². The van der Waals surface area contributed by atoms with Gasteiger partial charge in [0.1, 0.15) is 10.9 Å². The van der Waals surface area contributed by atoms with Crippen LogP contribution in [0.3, 0.4) is 0 Å². The van der Waals surface area contributed by atoms with Crippen molar-refractivity contribution in [3.05, 3.63) is 58.4 Å². The highest BCUT2D eigenvalue weighted by Gasteiger charge is 2.02. The zero-order chi connectivity index (χ0) is 18.1. The summed E-state index contributed by atoms with van der Waals surface area (Å²) in [4.78, 5) is 8.65. The van der Waals surface area contributed by atoms with Crippen LogP contribution in [-0.2, 0) is 13.0 Å². The average Bonchev–Trinajstić information content (AvgIpc) is 2.62. The van der Waals surface area contributed by atoms with Gasteiger partial charge in [-0.2, -0.15) is 0 Å². The molecule has 0 radical (unpaired) electrons. The number of hydrogen-bond donors (Lipinski definition) is 2. The Morgan fingerprint density at radius 3 is 2.68 bits per heavy atom. The van der Waals surface area contributed by atoms with Crippen LogP contribution in [0.25, 0.3) is 0 Å². The number of nitrogens with one attached hydrogen (secondary N) is 2. The number of benzene rings is 1. The van der Waals surface area contributed by atoms with Crippen molar-refractivity contribution in [2.24, 2.45) is 4.99 Å². The average molecular weight is 361 g/mol. The van der Waals surface area contributed by atoms with Gasteiger partial charge < -0.3 is 15.4 Å². The van der Waals surface area contributed by atoms with E-state index in [0.717, 1.165) is 42.3 Å². The molecule has 25 heavy (non-hydrogen) atoms. The Balaban J connectivity index is 1.90. The van der Waals surface area contributed by atoms with Crippen molar-refractivity contribution in [2.45, 2.75) is 26.8 Å². The number of methoxy groups -OCH3 is 1. The van der Waals surface area contributed by atoms with Gasteiger partial charge in [0.05, 0.1) is 13.7 Å². The number of halogens is 1. The number of aromatic nitrogens is 1.